The fourth-order valence-corrected chi connectivity index (χ4v) is 3.36. The van der Waals surface area contributed by atoms with Crippen molar-refractivity contribution in [2.45, 2.75) is 12.7 Å². The van der Waals surface area contributed by atoms with E-state index in [0.29, 0.717) is 29.0 Å². The van der Waals surface area contributed by atoms with Crippen molar-refractivity contribution < 1.29 is 27.9 Å². The van der Waals surface area contributed by atoms with Crippen LogP contribution in [0.3, 0.4) is 0 Å². The van der Waals surface area contributed by atoms with Gasteiger partial charge in [0.15, 0.2) is 0 Å². The summed E-state index contributed by atoms with van der Waals surface area (Å²) in [6, 6.07) is 15.6. The molecule has 0 atom stereocenters. The quantitative estimate of drug-likeness (QED) is 0.360. The predicted molar refractivity (Wildman–Crippen MR) is 120 cm³/mol. The normalized spacial score (nSPS) is 11.3. The number of hydrogen-bond donors (Lipinski definition) is 3. The molecule has 10 heteroatoms. The van der Waals surface area contributed by atoms with Crippen molar-refractivity contribution in [2.24, 2.45) is 0 Å². The van der Waals surface area contributed by atoms with Crippen LogP contribution in [0.1, 0.15) is 31.8 Å². The SMILES string of the molecule is O=C(Nc1cccc(CNc2ncnc3c(C(=O)O)cccc23)c1)c1ccc(C(F)(F)F)cc1. The molecule has 1 amide bonds. The molecule has 0 aliphatic carbocycles. The number of fused-ring (bicyclic) bond motifs is 1. The van der Waals surface area contributed by atoms with E-state index in [1.807, 2.05) is 6.07 Å². The molecule has 3 aromatic carbocycles. The lowest BCUT2D eigenvalue weighted by atomic mass is 10.1. The molecule has 4 rings (SSSR count). The molecule has 0 saturated carbocycles. The molecule has 7 nitrogen and oxygen atoms in total. The Hall–Kier alpha value is -4.47. The number of hydrogen-bond acceptors (Lipinski definition) is 5. The van der Waals surface area contributed by atoms with Crippen LogP contribution < -0.4 is 10.6 Å². The second kappa shape index (κ2) is 9.18. The summed E-state index contributed by atoms with van der Waals surface area (Å²) in [6.45, 7) is 0.313. The number of carboxylic acids is 1. The summed E-state index contributed by atoms with van der Waals surface area (Å²) in [5, 5.41) is 15.7. The van der Waals surface area contributed by atoms with E-state index in [4.69, 9.17) is 0 Å². The maximum Gasteiger partial charge on any atom is 0.416 e. The Morgan fingerprint density at radius 3 is 2.38 bits per heavy atom. The summed E-state index contributed by atoms with van der Waals surface area (Å²) >= 11 is 0. The largest absolute Gasteiger partial charge is 0.478 e. The van der Waals surface area contributed by atoms with Crippen molar-refractivity contribution in [3.63, 3.8) is 0 Å². The Balaban J connectivity index is 1.47. The minimum atomic E-state index is -4.47. The second-order valence-corrected chi connectivity index (χ2v) is 7.31. The van der Waals surface area contributed by atoms with E-state index in [1.54, 1.807) is 30.3 Å². The first-order valence-electron chi connectivity index (χ1n) is 10.0. The molecule has 4 aromatic rings. The molecule has 0 spiro atoms. The van der Waals surface area contributed by atoms with Crippen LogP contribution in [0.25, 0.3) is 10.9 Å². The summed E-state index contributed by atoms with van der Waals surface area (Å²) in [4.78, 5) is 32.1. The highest BCUT2D eigenvalue weighted by atomic mass is 19.4. The average molecular weight is 466 g/mol. The molecule has 0 bridgehead atoms. The van der Waals surface area contributed by atoms with Gasteiger partial charge in [0.05, 0.1) is 16.6 Å². The standard InChI is InChI=1S/C24H17F3N4O3/c25-24(26,27)16-9-7-15(8-10-16)22(32)31-17-4-1-3-14(11-17)12-28-21-18-5-2-6-19(23(33)34)20(18)29-13-30-21/h1-11,13H,12H2,(H,31,32)(H,33,34)(H,28,29,30). The fraction of sp³-hybridized carbons (Fsp3) is 0.0833. The van der Waals surface area contributed by atoms with E-state index in [0.717, 1.165) is 29.8 Å². The molecule has 1 aromatic heterocycles. The summed E-state index contributed by atoms with van der Waals surface area (Å²) in [7, 11) is 0. The molecule has 0 saturated heterocycles. The van der Waals surface area contributed by atoms with E-state index >= 15 is 0 Å². The highest BCUT2D eigenvalue weighted by molar-refractivity contribution is 6.05. The summed E-state index contributed by atoms with van der Waals surface area (Å²) in [6.07, 6.45) is -3.20. The van der Waals surface area contributed by atoms with E-state index in [-0.39, 0.29) is 11.1 Å². The number of aromatic carboxylic acids is 1. The minimum Gasteiger partial charge on any atom is -0.478 e. The van der Waals surface area contributed by atoms with Crippen molar-refractivity contribution in [3.05, 3.63) is 95.3 Å². The van der Waals surface area contributed by atoms with E-state index in [1.165, 1.54) is 12.4 Å². The highest BCUT2D eigenvalue weighted by Crippen LogP contribution is 2.29. The molecule has 1 heterocycles. The highest BCUT2D eigenvalue weighted by Gasteiger charge is 2.30. The van der Waals surface area contributed by atoms with Gasteiger partial charge in [0, 0.05) is 23.2 Å². The van der Waals surface area contributed by atoms with Crippen molar-refractivity contribution in [1.29, 1.82) is 0 Å². The van der Waals surface area contributed by atoms with Gasteiger partial charge in [0.2, 0.25) is 0 Å². The van der Waals surface area contributed by atoms with Crippen LogP contribution in [0.15, 0.2) is 73.1 Å². The van der Waals surface area contributed by atoms with Crippen LogP contribution in [0.5, 0.6) is 0 Å². The van der Waals surface area contributed by atoms with Gasteiger partial charge in [-0.05, 0) is 54.1 Å². The van der Waals surface area contributed by atoms with Gasteiger partial charge in [-0.3, -0.25) is 4.79 Å². The molecule has 34 heavy (non-hydrogen) atoms. The molecule has 0 aliphatic rings. The van der Waals surface area contributed by atoms with E-state index in [9.17, 15) is 27.9 Å². The number of halogens is 3. The van der Waals surface area contributed by atoms with E-state index < -0.39 is 23.6 Å². The minimum absolute atomic E-state index is 0.0657. The first kappa shape index (κ1) is 22.7. The third-order valence-electron chi connectivity index (χ3n) is 5.01. The molecule has 0 aliphatic heterocycles. The smallest absolute Gasteiger partial charge is 0.416 e. The number of aromatic nitrogens is 2. The lowest BCUT2D eigenvalue weighted by Gasteiger charge is -2.11. The van der Waals surface area contributed by atoms with Gasteiger partial charge in [-0.25, -0.2) is 14.8 Å². The molecule has 0 radical (unpaired) electrons. The Labute approximate surface area is 191 Å². The number of anilines is 2. The van der Waals surface area contributed by atoms with Gasteiger partial charge >= 0.3 is 12.1 Å². The van der Waals surface area contributed by atoms with Gasteiger partial charge in [0.1, 0.15) is 12.1 Å². The van der Waals surface area contributed by atoms with Crippen LogP contribution in [0, 0.1) is 0 Å². The Bertz CT molecular complexity index is 1370. The Kier molecular flexibility index (Phi) is 6.13. The van der Waals surface area contributed by atoms with E-state index in [2.05, 4.69) is 20.6 Å². The zero-order valence-corrected chi connectivity index (χ0v) is 17.4. The molecule has 172 valence electrons. The maximum absolute atomic E-state index is 12.7. The topological polar surface area (TPSA) is 104 Å². The lowest BCUT2D eigenvalue weighted by molar-refractivity contribution is -0.137. The average Bonchev–Trinajstić information content (AvgIpc) is 2.82. The Morgan fingerprint density at radius 2 is 1.68 bits per heavy atom. The number of carbonyl (C=O) groups is 2. The zero-order chi connectivity index (χ0) is 24.3. The van der Waals surface area contributed by atoms with Crippen LogP contribution >= 0.6 is 0 Å². The summed E-state index contributed by atoms with van der Waals surface area (Å²) in [5.74, 6) is -1.18. The third kappa shape index (κ3) is 4.96. The van der Waals surface area contributed by atoms with Crippen LogP contribution in [0.4, 0.5) is 24.7 Å². The van der Waals surface area contributed by atoms with Crippen molar-refractivity contribution in [1.82, 2.24) is 9.97 Å². The molecule has 0 unspecified atom stereocenters. The second-order valence-electron chi connectivity index (χ2n) is 7.31. The first-order chi connectivity index (χ1) is 16.2. The fourth-order valence-electron chi connectivity index (χ4n) is 3.36. The molecular formula is C24H17F3N4O3. The van der Waals surface area contributed by atoms with Crippen molar-refractivity contribution in [2.75, 3.05) is 10.6 Å². The number of nitrogens with zero attached hydrogens (tertiary/aromatic N) is 2. The molecular weight excluding hydrogens is 449 g/mol. The lowest BCUT2D eigenvalue weighted by Crippen LogP contribution is -2.13. The van der Waals surface area contributed by atoms with Gasteiger partial charge in [-0.2, -0.15) is 13.2 Å². The number of amides is 1. The predicted octanol–water partition coefficient (Wildman–Crippen LogP) is 5.21. The van der Waals surface area contributed by atoms with Gasteiger partial charge in [0.25, 0.3) is 5.91 Å². The van der Waals surface area contributed by atoms with Gasteiger partial charge in [-0.15, -0.1) is 0 Å². The number of rotatable bonds is 6. The van der Waals surface area contributed by atoms with Crippen molar-refractivity contribution in [3.8, 4) is 0 Å². The molecule has 0 fully saturated rings. The Morgan fingerprint density at radius 1 is 0.941 bits per heavy atom. The van der Waals surface area contributed by atoms with Crippen LogP contribution in [-0.4, -0.2) is 27.0 Å². The van der Waals surface area contributed by atoms with Gasteiger partial charge < -0.3 is 15.7 Å². The van der Waals surface area contributed by atoms with Crippen molar-refractivity contribution >= 4 is 34.3 Å². The number of nitrogens with one attached hydrogen (secondary N) is 2. The number of alkyl halides is 3. The number of carbonyl (C=O) groups excluding carboxylic acids is 1. The zero-order valence-electron chi connectivity index (χ0n) is 17.4. The number of para-hydroxylation sites is 1. The van der Waals surface area contributed by atoms with Crippen LogP contribution in [0.2, 0.25) is 0 Å². The first-order valence-corrected chi connectivity index (χ1v) is 10.0. The third-order valence-corrected chi connectivity index (χ3v) is 5.01. The van der Waals surface area contributed by atoms with Gasteiger partial charge in [-0.1, -0.05) is 18.2 Å². The molecule has 3 N–H and O–H groups in total. The maximum atomic E-state index is 12.7. The summed E-state index contributed by atoms with van der Waals surface area (Å²) in [5.41, 5.74) is 0.889. The summed E-state index contributed by atoms with van der Waals surface area (Å²) < 4.78 is 38.1. The number of carboxylic acid groups (broad SMARTS) is 1. The van der Waals surface area contributed by atoms with Crippen LogP contribution in [-0.2, 0) is 12.7 Å². The number of benzene rings is 3. The monoisotopic (exact) mass is 466 g/mol.